The summed E-state index contributed by atoms with van der Waals surface area (Å²) in [6, 6.07) is 10.5. The molecular formula is C16H23NO2. The molecule has 0 saturated heterocycles. The van der Waals surface area contributed by atoms with Crippen LogP contribution in [0.2, 0.25) is 0 Å². The van der Waals surface area contributed by atoms with Gasteiger partial charge in [0.25, 0.3) is 0 Å². The number of hydrogen-bond acceptors (Lipinski definition) is 2. The highest BCUT2D eigenvalue weighted by Gasteiger charge is 2.19. The van der Waals surface area contributed by atoms with Crippen molar-refractivity contribution in [2.24, 2.45) is 0 Å². The zero-order valence-electron chi connectivity index (χ0n) is 11.5. The Morgan fingerprint density at radius 3 is 2.42 bits per heavy atom. The molecule has 0 heterocycles. The van der Waals surface area contributed by atoms with Gasteiger partial charge in [-0.3, -0.25) is 9.63 Å². The maximum Gasteiger partial charge on any atom is 0.233 e. The van der Waals surface area contributed by atoms with Gasteiger partial charge in [-0.1, -0.05) is 56.0 Å². The van der Waals surface area contributed by atoms with E-state index >= 15 is 0 Å². The van der Waals surface area contributed by atoms with E-state index in [0.29, 0.717) is 6.61 Å². The molecule has 104 valence electrons. The molecule has 1 aromatic rings. The molecule has 0 bridgehead atoms. The highest BCUT2D eigenvalue weighted by atomic mass is 16.7. The second-order valence-corrected chi connectivity index (χ2v) is 5.18. The number of amides is 1. The Morgan fingerprint density at radius 1 is 1.11 bits per heavy atom. The fourth-order valence-electron chi connectivity index (χ4n) is 2.65. The average molecular weight is 261 g/mol. The van der Waals surface area contributed by atoms with E-state index in [1.807, 2.05) is 18.2 Å². The Morgan fingerprint density at radius 2 is 1.79 bits per heavy atom. The van der Waals surface area contributed by atoms with E-state index in [1.54, 1.807) is 5.06 Å². The topological polar surface area (TPSA) is 29.5 Å². The Bertz CT molecular complexity index is 358. The summed E-state index contributed by atoms with van der Waals surface area (Å²) < 4.78 is 0. The third kappa shape index (κ3) is 4.67. The van der Waals surface area contributed by atoms with Crippen molar-refractivity contribution in [2.45, 2.75) is 51.0 Å². The third-order valence-corrected chi connectivity index (χ3v) is 3.76. The number of carbonyl (C=O) groups excluding carboxylic acids is 1. The van der Waals surface area contributed by atoms with Crippen molar-refractivity contribution in [1.82, 2.24) is 5.06 Å². The van der Waals surface area contributed by atoms with Crippen molar-refractivity contribution in [2.75, 3.05) is 6.61 Å². The van der Waals surface area contributed by atoms with Gasteiger partial charge in [0.2, 0.25) is 6.41 Å². The molecule has 0 unspecified atom stereocenters. The summed E-state index contributed by atoms with van der Waals surface area (Å²) in [7, 11) is 0. The number of benzene rings is 1. The fraction of sp³-hybridized carbons (Fsp3) is 0.562. The van der Waals surface area contributed by atoms with Gasteiger partial charge in [-0.25, -0.2) is 5.06 Å². The Kier molecular flexibility index (Phi) is 5.89. The number of nitrogens with zero attached hydrogens (tertiary/aromatic N) is 1. The molecule has 0 spiro atoms. The Balaban J connectivity index is 1.77. The molecule has 1 fully saturated rings. The molecule has 0 aromatic heterocycles. The molecule has 0 radical (unpaired) electrons. The van der Waals surface area contributed by atoms with Gasteiger partial charge < -0.3 is 0 Å². The second-order valence-electron chi connectivity index (χ2n) is 5.18. The van der Waals surface area contributed by atoms with Crippen LogP contribution >= 0.6 is 0 Å². The van der Waals surface area contributed by atoms with Crippen molar-refractivity contribution in [1.29, 1.82) is 0 Å². The van der Waals surface area contributed by atoms with Crippen molar-refractivity contribution < 1.29 is 9.63 Å². The van der Waals surface area contributed by atoms with Crippen LogP contribution in [0.5, 0.6) is 0 Å². The van der Waals surface area contributed by atoms with Crippen LogP contribution in [0.25, 0.3) is 0 Å². The van der Waals surface area contributed by atoms with Crippen molar-refractivity contribution in [3.63, 3.8) is 0 Å². The number of carbonyl (C=O) groups is 1. The summed E-state index contributed by atoms with van der Waals surface area (Å²) in [5, 5.41) is 1.55. The quantitative estimate of drug-likeness (QED) is 0.446. The normalized spacial score (nSPS) is 16.8. The van der Waals surface area contributed by atoms with Gasteiger partial charge >= 0.3 is 0 Å². The van der Waals surface area contributed by atoms with Crippen LogP contribution < -0.4 is 0 Å². The first kappa shape index (κ1) is 14.1. The molecule has 3 nitrogen and oxygen atoms in total. The van der Waals surface area contributed by atoms with Crippen molar-refractivity contribution in [3.05, 3.63) is 35.9 Å². The maximum atomic E-state index is 11.2. The summed E-state index contributed by atoms with van der Waals surface area (Å²) in [6.45, 7) is 0.569. The molecular weight excluding hydrogens is 238 g/mol. The van der Waals surface area contributed by atoms with Gasteiger partial charge in [0, 0.05) is 0 Å². The molecule has 0 aliphatic heterocycles. The minimum atomic E-state index is 0.274. The highest BCUT2D eigenvalue weighted by molar-refractivity contribution is 5.45. The minimum absolute atomic E-state index is 0.274. The number of hydrogen-bond donors (Lipinski definition) is 0. The lowest BCUT2D eigenvalue weighted by molar-refractivity contribution is -0.187. The summed E-state index contributed by atoms with van der Waals surface area (Å²) in [5.74, 6) is 0. The predicted octanol–water partition coefficient (Wildman–Crippen LogP) is 3.34. The second kappa shape index (κ2) is 7.95. The monoisotopic (exact) mass is 261 g/mol. The van der Waals surface area contributed by atoms with Crippen LogP contribution in [0.15, 0.2) is 30.3 Å². The molecule has 1 saturated carbocycles. The van der Waals surface area contributed by atoms with Crippen molar-refractivity contribution >= 4 is 6.41 Å². The van der Waals surface area contributed by atoms with E-state index in [4.69, 9.17) is 4.84 Å². The van der Waals surface area contributed by atoms with Crippen LogP contribution in [0.4, 0.5) is 0 Å². The molecule has 0 atom stereocenters. The molecule has 1 aliphatic carbocycles. The zero-order valence-corrected chi connectivity index (χ0v) is 11.5. The molecule has 1 aliphatic rings. The van der Waals surface area contributed by atoms with Crippen LogP contribution in [0.1, 0.15) is 44.1 Å². The predicted molar refractivity (Wildman–Crippen MR) is 75.5 cm³/mol. The lowest BCUT2D eigenvalue weighted by Gasteiger charge is -2.26. The first-order chi connectivity index (χ1) is 9.40. The van der Waals surface area contributed by atoms with E-state index in [2.05, 4.69) is 12.1 Å². The first-order valence-electron chi connectivity index (χ1n) is 7.30. The van der Waals surface area contributed by atoms with Gasteiger partial charge in [-0.2, -0.15) is 0 Å². The summed E-state index contributed by atoms with van der Waals surface area (Å²) >= 11 is 0. The van der Waals surface area contributed by atoms with Crippen molar-refractivity contribution in [3.8, 4) is 0 Å². The zero-order chi connectivity index (χ0) is 13.3. The van der Waals surface area contributed by atoms with E-state index in [-0.39, 0.29) is 6.04 Å². The van der Waals surface area contributed by atoms with Gasteiger partial charge in [0.1, 0.15) is 0 Å². The summed E-state index contributed by atoms with van der Waals surface area (Å²) in [6.07, 6.45) is 8.82. The molecule has 19 heavy (non-hydrogen) atoms. The minimum Gasteiger partial charge on any atom is -0.276 e. The van der Waals surface area contributed by atoms with E-state index in [9.17, 15) is 4.79 Å². The Hall–Kier alpha value is -1.35. The van der Waals surface area contributed by atoms with Crippen LogP contribution in [-0.2, 0) is 16.1 Å². The lowest BCUT2D eigenvalue weighted by Crippen LogP contribution is -2.34. The molecule has 1 aromatic carbocycles. The van der Waals surface area contributed by atoms with Crippen LogP contribution in [0, 0.1) is 0 Å². The van der Waals surface area contributed by atoms with E-state index in [1.165, 1.54) is 31.2 Å². The molecule has 0 N–H and O–H groups in total. The van der Waals surface area contributed by atoms with E-state index < -0.39 is 0 Å². The lowest BCUT2D eigenvalue weighted by atomic mass is 10.1. The van der Waals surface area contributed by atoms with Crippen LogP contribution in [0.3, 0.4) is 0 Å². The molecule has 2 rings (SSSR count). The van der Waals surface area contributed by atoms with Crippen LogP contribution in [-0.4, -0.2) is 24.1 Å². The maximum absolute atomic E-state index is 11.2. The highest BCUT2D eigenvalue weighted by Crippen LogP contribution is 2.21. The largest absolute Gasteiger partial charge is 0.276 e. The van der Waals surface area contributed by atoms with Gasteiger partial charge in [0.15, 0.2) is 0 Å². The Labute approximate surface area is 115 Å². The summed E-state index contributed by atoms with van der Waals surface area (Å²) in [5.41, 5.74) is 1.24. The fourth-order valence-corrected chi connectivity index (χ4v) is 2.65. The van der Waals surface area contributed by atoms with Gasteiger partial charge in [-0.15, -0.1) is 0 Å². The first-order valence-corrected chi connectivity index (χ1v) is 7.30. The molecule has 3 heteroatoms. The summed E-state index contributed by atoms with van der Waals surface area (Å²) in [4.78, 5) is 16.8. The smallest absolute Gasteiger partial charge is 0.233 e. The third-order valence-electron chi connectivity index (χ3n) is 3.76. The number of hydroxylamine groups is 2. The van der Waals surface area contributed by atoms with Gasteiger partial charge in [-0.05, 0) is 24.8 Å². The van der Waals surface area contributed by atoms with E-state index in [0.717, 1.165) is 25.7 Å². The molecule has 1 amide bonds. The number of rotatable bonds is 6. The van der Waals surface area contributed by atoms with Gasteiger partial charge in [0.05, 0.1) is 12.6 Å². The average Bonchev–Trinajstić information content (AvgIpc) is 2.74. The standard InChI is InChI=1S/C16H23NO2/c18-14-17(16-10-6-1-2-7-11-16)19-13-12-15-8-4-3-5-9-15/h3-5,8-9,14,16H,1-2,6-7,10-13H2. The SMILES string of the molecule is O=CN(OCCc1ccccc1)C1CCCCCC1.